The standard InChI is InChI=1S/C28H24Cl2N2O4S/c1-20-7-14-25(15-8-20)37(34,35)32(18-21-5-3-2-4-6-21)23-10-12-24(13-11-23)36-19-28(33)31-27-17-22(29)9-16-26(27)30/h2-17H,18-19H2,1H3,(H,31,33). The van der Waals surface area contributed by atoms with Crippen LogP contribution in [-0.2, 0) is 21.4 Å². The van der Waals surface area contributed by atoms with Gasteiger partial charge in [0.15, 0.2) is 6.61 Å². The van der Waals surface area contributed by atoms with Crippen LogP contribution < -0.4 is 14.4 Å². The summed E-state index contributed by atoms with van der Waals surface area (Å²) in [6.45, 7) is 1.79. The predicted molar refractivity (Wildman–Crippen MR) is 148 cm³/mol. The number of ether oxygens (including phenoxy) is 1. The number of halogens is 2. The average Bonchev–Trinajstić information content (AvgIpc) is 2.89. The molecule has 0 saturated carbocycles. The van der Waals surface area contributed by atoms with Gasteiger partial charge in [0.05, 0.1) is 27.8 Å². The molecule has 0 aliphatic carbocycles. The molecule has 0 radical (unpaired) electrons. The van der Waals surface area contributed by atoms with Gasteiger partial charge in [0.25, 0.3) is 15.9 Å². The molecule has 1 N–H and O–H groups in total. The van der Waals surface area contributed by atoms with Crippen LogP contribution in [0.1, 0.15) is 11.1 Å². The van der Waals surface area contributed by atoms with Crippen molar-refractivity contribution < 1.29 is 17.9 Å². The summed E-state index contributed by atoms with van der Waals surface area (Å²) >= 11 is 12.0. The van der Waals surface area contributed by atoms with Crippen molar-refractivity contribution in [3.8, 4) is 5.75 Å². The Balaban J connectivity index is 1.51. The second-order valence-corrected chi connectivity index (χ2v) is 11.0. The first-order chi connectivity index (χ1) is 17.7. The number of rotatable bonds is 9. The van der Waals surface area contributed by atoms with E-state index in [-0.39, 0.29) is 18.0 Å². The summed E-state index contributed by atoms with van der Waals surface area (Å²) in [5, 5.41) is 3.45. The molecule has 0 aliphatic rings. The minimum atomic E-state index is -3.84. The molecule has 0 bridgehead atoms. The van der Waals surface area contributed by atoms with Crippen molar-refractivity contribution in [2.45, 2.75) is 18.4 Å². The molecule has 4 rings (SSSR count). The van der Waals surface area contributed by atoms with Crippen LogP contribution in [0.2, 0.25) is 10.0 Å². The van der Waals surface area contributed by atoms with E-state index in [1.54, 1.807) is 66.7 Å². The van der Waals surface area contributed by atoms with Crippen LogP contribution >= 0.6 is 23.2 Å². The Morgan fingerprint density at radius 1 is 0.892 bits per heavy atom. The second-order valence-electron chi connectivity index (χ2n) is 8.27. The first kappa shape index (κ1) is 26.5. The summed E-state index contributed by atoms with van der Waals surface area (Å²) in [6, 6.07) is 27.4. The van der Waals surface area contributed by atoms with Gasteiger partial charge in [-0.25, -0.2) is 8.42 Å². The number of nitrogens with zero attached hydrogens (tertiary/aromatic N) is 1. The molecule has 0 unspecified atom stereocenters. The number of hydrogen-bond acceptors (Lipinski definition) is 4. The topological polar surface area (TPSA) is 75.7 Å². The van der Waals surface area contributed by atoms with Crippen molar-refractivity contribution >= 4 is 50.5 Å². The minimum absolute atomic E-state index is 0.153. The monoisotopic (exact) mass is 554 g/mol. The zero-order valence-corrected chi connectivity index (χ0v) is 22.2. The third-order valence-electron chi connectivity index (χ3n) is 5.48. The second kappa shape index (κ2) is 11.7. The number of aryl methyl sites for hydroxylation is 1. The Hall–Kier alpha value is -3.52. The largest absolute Gasteiger partial charge is 0.484 e. The van der Waals surface area contributed by atoms with Gasteiger partial charge < -0.3 is 10.1 Å². The van der Waals surface area contributed by atoms with Crippen LogP contribution in [0.25, 0.3) is 0 Å². The highest BCUT2D eigenvalue weighted by Gasteiger charge is 2.25. The summed E-state index contributed by atoms with van der Waals surface area (Å²) in [5.41, 5.74) is 2.66. The normalized spacial score (nSPS) is 11.1. The Bertz CT molecular complexity index is 1480. The number of benzene rings is 4. The van der Waals surface area contributed by atoms with E-state index in [1.165, 1.54) is 4.31 Å². The molecular formula is C28H24Cl2N2O4S. The van der Waals surface area contributed by atoms with Gasteiger partial charge in [-0.3, -0.25) is 9.10 Å². The lowest BCUT2D eigenvalue weighted by Gasteiger charge is -2.25. The molecule has 6 nitrogen and oxygen atoms in total. The van der Waals surface area contributed by atoms with E-state index in [9.17, 15) is 13.2 Å². The summed E-state index contributed by atoms with van der Waals surface area (Å²) in [6.07, 6.45) is 0. The van der Waals surface area contributed by atoms with Crippen LogP contribution in [-0.4, -0.2) is 20.9 Å². The maximum absolute atomic E-state index is 13.6. The van der Waals surface area contributed by atoms with Crippen LogP contribution in [0.15, 0.2) is 102 Å². The maximum atomic E-state index is 13.6. The maximum Gasteiger partial charge on any atom is 0.264 e. The molecule has 0 saturated heterocycles. The van der Waals surface area contributed by atoms with E-state index in [1.807, 2.05) is 37.3 Å². The molecule has 0 fully saturated rings. The molecule has 9 heteroatoms. The van der Waals surface area contributed by atoms with Crippen molar-refractivity contribution in [1.29, 1.82) is 0 Å². The summed E-state index contributed by atoms with van der Waals surface area (Å²) < 4.78 is 34.1. The van der Waals surface area contributed by atoms with Gasteiger partial charge in [-0.2, -0.15) is 0 Å². The molecule has 190 valence electrons. The fraction of sp³-hybridized carbons (Fsp3) is 0.107. The molecule has 1 amide bonds. The van der Waals surface area contributed by atoms with Crippen molar-refractivity contribution in [2.24, 2.45) is 0 Å². The van der Waals surface area contributed by atoms with Gasteiger partial charge in [0, 0.05) is 5.02 Å². The van der Waals surface area contributed by atoms with Crippen molar-refractivity contribution in [3.63, 3.8) is 0 Å². The van der Waals surface area contributed by atoms with Gasteiger partial charge in [0.2, 0.25) is 0 Å². The van der Waals surface area contributed by atoms with E-state index >= 15 is 0 Å². The Morgan fingerprint density at radius 3 is 2.24 bits per heavy atom. The minimum Gasteiger partial charge on any atom is -0.484 e. The van der Waals surface area contributed by atoms with Gasteiger partial charge in [-0.05, 0) is 67.1 Å². The van der Waals surface area contributed by atoms with Gasteiger partial charge >= 0.3 is 0 Å². The predicted octanol–water partition coefficient (Wildman–Crippen LogP) is 6.71. The van der Waals surface area contributed by atoms with Crippen molar-refractivity contribution in [2.75, 3.05) is 16.2 Å². The Labute approximate surface area is 226 Å². The molecule has 0 aromatic heterocycles. The lowest BCUT2D eigenvalue weighted by Crippen LogP contribution is -2.30. The molecule has 0 heterocycles. The number of carbonyl (C=O) groups excluding carboxylic acids is 1. The zero-order chi connectivity index (χ0) is 26.4. The molecule has 4 aromatic carbocycles. The van der Waals surface area contributed by atoms with Gasteiger partial charge in [-0.15, -0.1) is 0 Å². The molecule has 0 spiro atoms. The summed E-state index contributed by atoms with van der Waals surface area (Å²) in [5.74, 6) is -0.00983. The van der Waals surface area contributed by atoms with Crippen molar-refractivity contribution in [3.05, 3.63) is 118 Å². The van der Waals surface area contributed by atoms with Gasteiger partial charge in [0.1, 0.15) is 5.75 Å². The first-order valence-electron chi connectivity index (χ1n) is 11.3. The van der Waals surface area contributed by atoms with Crippen molar-refractivity contribution in [1.82, 2.24) is 0 Å². The molecule has 0 aliphatic heterocycles. The van der Waals surface area contributed by atoms with Crippen LogP contribution in [0, 0.1) is 6.92 Å². The van der Waals surface area contributed by atoms with E-state index in [0.29, 0.717) is 27.2 Å². The number of nitrogens with one attached hydrogen (secondary N) is 1. The summed E-state index contributed by atoms with van der Waals surface area (Å²) in [4.78, 5) is 12.5. The first-order valence-corrected chi connectivity index (χ1v) is 13.5. The summed E-state index contributed by atoms with van der Waals surface area (Å²) in [7, 11) is -3.84. The third-order valence-corrected chi connectivity index (χ3v) is 7.83. The number of amides is 1. The highest BCUT2D eigenvalue weighted by molar-refractivity contribution is 7.92. The lowest BCUT2D eigenvalue weighted by molar-refractivity contribution is -0.118. The molecule has 0 atom stereocenters. The molecule has 4 aromatic rings. The lowest BCUT2D eigenvalue weighted by atomic mass is 10.2. The van der Waals surface area contributed by atoms with Gasteiger partial charge in [-0.1, -0.05) is 71.2 Å². The molecular weight excluding hydrogens is 531 g/mol. The number of sulfonamides is 1. The van der Waals surface area contributed by atoms with E-state index in [0.717, 1.165) is 11.1 Å². The number of carbonyl (C=O) groups is 1. The van der Waals surface area contributed by atoms with E-state index in [2.05, 4.69) is 5.32 Å². The van der Waals surface area contributed by atoms with Crippen LogP contribution in [0.3, 0.4) is 0 Å². The van der Waals surface area contributed by atoms with E-state index < -0.39 is 15.9 Å². The quantitative estimate of drug-likeness (QED) is 0.249. The number of anilines is 2. The highest BCUT2D eigenvalue weighted by Crippen LogP contribution is 2.29. The Kier molecular flexibility index (Phi) is 8.38. The Morgan fingerprint density at radius 2 is 1.57 bits per heavy atom. The van der Waals surface area contributed by atoms with Crippen LogP contribution in [0.4, 0.5) is 11.4 Å². The van der Waals surface area contributed by atoms with E-state index in [4.69, 9.17) is 27.9 Å². The smallest absolute Gasteiger partial charge is 0.264 e. The van der Waals surface area contributed by atoms with Crippen LogP contribution in [0.5, 0.6) is 5.75 Å². The zero-order valence-electron chi connectivity index (χ0n) is 19.9. The SMILES string of the molecule is Cc1ccc(S(=O)(=O)N(Cc2ccccc2)c2ccc(OCC(=O)Nc3cc(Cl)ccc3Cl)cc2)cc1. The fourth-order valence-electron chi connectivity index (χ4n) is 3.54. The third kappa shape index (κ3) is 6.83. The number of hydrogen-bond donors (Lipinski definition) is 1. The fourth-order valence-corrected chi connectivity index (χ4v) is 5.33. The highest BCUT2D eigenvalue weighted by atomic mass is 35.5. The molecule has 37 heavy (non-hydrogen) atoms. The average molecular weight is 555 g/mol.